The average Bonchev–Trinajstić information content (AvgIpc) is 3.01. The van der Waals surface area contributed by atoms with Crippen LogP contribution in [0.1, 0.15) is 44.2 Å². The molecule has 118 valence electrons. The highest BCUT2D eigenvalue weighted by molar-refractivity contribution is 5.22. The summed E-state index contributed by atoms with van der Waals surface area (Å²) < 4.78 is 5.75. The Kier molecular flexibility index (Phi) is 7.20. The van der Waals surface area contributed by atoms with Gasteiger partial charge in [0, 0.05) is 26.2 Å². The Balaban J connectivity index is 1.79. The third-order valence-electron chi connectivity index (χ3n) is 4.12. The highest BCUT2D eigenvalue weighted by Crippen LogP contribution is 2.15. The van der Waals surface area contributed by atoms with Crippen LogP contribution in [-0.2, 0) is 17.8 Å². The third-order valence-corrected chi connectivity index (χ3v) is 4.12. The zero-order chi connectivity index (χ0) is 14.9. The molecule has 1 aliphatic heterocycles. The molecule has 1 N–H and O–H groups in total. The van der Waals surface area contributed by atoms with Crippen LogP contribution in [0.5, 0.6) is 0 Å². The van der Waals surface area contributed by atoms with E-state index in [-0.39, 0.29) is 0 Å². The molecule has 1 fully saturated rings. The average molecular weight is 290 g/mol. The summed E-state index contributed by atoms with van der Waals surface area (Å²) >= 11 is 0. The van der Waals surface area contributed by atoms with Crippen LogP contribution in [0.15, 0.2) is 24.3 Å². The molecule has 1 heterocycles. The predicted octanol–water partition coefficient (Wildman–Crippen LogP) is 3.19. The van der Waals surface area contributed by atoms with E-state index in [2.05, 4.69) is 48.3 Å². The van der Waals surface area contributed by atoms with E-state index in [0.717, 1.165) is 39.3 Å². The number of nitrogens with one attached hydrogen (secondary N) is 1. The monoisotopic (exact) mass is 290 g/mol. The Morgan fingerprint density at radius 2 is 1.95 bits per heavy atom. The quantitative estimate of drug-likeness (QED) is 0.707. The van der Waals surface area contributed by atoms with Crippen LogP contribution in [0.2, 0.25) is 0 Å². The highest BCUT2D eigenvalue weighted by atomic mass is 16.5. The summed E-state index contributed by atoms with van der Waals surface area (Å²) in [6.45, 7) is 10.6. The number of hydrogen-bond donors (Lipinski definition) is 1. The molecule has 1 unspecified atom stereocenters. The highest BCUT2D eigenvalue weighted by Gasteiger charge is 2.18. The first kappa shape index (κ1) is 16.5. The molecular weight excluding hydrogens is 260 g/mol. The van der Waals surface area contributed by atoms with Crippen LogP contribution in [-0.4, -0.2) is 37.2 Å². The van der Waals surface area contributed by atoms with Crippen molar-refractivity contribution in [2.75, 3.05) is 26.2 Å². The molecule has 0 aromatic heterocycles. The van der Waals surface area contributed by atoms with Crippen molar-refractivity contribution in [3.8, 4) is 0 Å². The van der Waals surface area contributed by atoms with E-state index in [1.807, 2.05) is 0 Å². The van der Waals surface area contributed by atoms with Gasteiger partial charge in [0.25, 0.3) is 0 Å². The number of hydrogen-bond acceptors (Lipinski definition) is 3. The van der Waals surface area contributed by atoms with Crippen LogP contribution in [0.4, 0.5) is 0 Å². The lowest BCUT2D eigenvalue weighted by Crippen LogP contribution is -2.31. The molecule has 0 radical (unpaired) electrons. The molecule has 0 amide bonds. The first-order valence-corrected chi connectivity index (χ1v) is 8.44. The van der Waals surface area contributed by atoms with Crippen LogP contribution in [0, 0.1) is 0 Å². The molecule has 1 aromatic carbocycles. The van der Waals surface area contributed by atoms with E-state index in [9.17, 15) is 0 Å². The molecular formula is C18H30N2O. The van der Waals surface area contributed by atoms with Crippen LogP contribution in [0.3, 0.4) is 0 Å². The molecule has 21 heavy (non-hydrogen) atoms. The molecule has 0 spiro atoms. The predicted molar refractivity (Wildman–Crippen MR) is 88.4 cm³/mol. The van der Waals surface area contributed by atoms with E-state index in [0.29, 0.717) is 6.10 Å². The third kappa shape index (κ3) is 5.77. The summed E-state index contributed by atoms with van der Waals surface area (Å²) in [4.78, 5) is 2.49. The fourth-order valence-corrected chi connectivity index (χ4v) is 2.81. The van der Waals surface area contributed by atoms with Crippen molar-refractivity contribution in [1.29, 1.82) is 0 Å². The molecule has 1 aromatic rings. The van der Waals surface area contributed by atoms with Gasteiger partial charge in [0.1, 0.15) is 0 Å². The number of ether oxygens (including phenoxy) is 1. The lowest BCUT2D eigenvalue weighted by Gasteiger charge is -2.23. The van der Waals surface area contributed by atoms with Crippen molar-refractivity contribution in [3.05, 3.63) is 35.4 Å². The zero-order valence-corrected chi connectivity index (χ0v) is 13.6. The number of benzene rings is 1. The van der Waals surface area contributed by atoms with Gasteiger partial charge in [0.2, 0.25) is 0 Å². The van der Waals surface area contributed by atoms with Crippen LogP contribution >= 0.6 is 0 Å². The van der Waals surface area contributed by atoms with Gasteiger partial charge in [-0.3, -0.25) is 4.90 Å². The normalized spacial score (nSPS) is 18.5. The Hall–Kier alpha value is -0.900. The summed E-state index contributed by atoms with van der Waals surface area (Å²) in [6.07, 6.45) is 4.08. The molecule has 3 nitrogen and oxygen atoms in total. The smallest absolute Gasteiger partial charge is 0.0702 e. The van der Waals surface area contributed by atoms with Gasteiger partial charge >= 0.3 is 0 Å². The summed E-state index contributed by atoms with van der Waals surface area (Å²) in [6, 6.07) is 9.03. The maximum Gasteiger partial charge on any atom is 0.0702 e. The zero-order valence-electron chi connectivity index (χ0n) is 13.6. The number of nitrogens with zero attached hydrogens (tertiary/aromatic N) is 1. The molecule has 2 rings (SSSR count). The second kappa shape index (κ2) is 9.19. The first-order valence-electron chi connectivity index (χ1n) is 8.44. The number of likely N-dealkylation sites (N-methyl/N-ethyl adjacent to an activating group) is 1. The van der Waals surface area contributed by atoms with Crippen LogP contribution < -0.4 is 5.32 Å². The molecule has 0 bridgehead atoms. The van der Waals surface area contributed by atoms with E-state index >= 15 is 0 Å². The lowest BCUT2D eigenvalue weighted by atomic mass is 10.1. The van der Waals surface area contributed by atoms with Gasteiger partial charge in [-0.15, -0.1) is 0 Å². The molecule has 0 aliphatic carbocycles. The van der Waals surface area contributed by atoms with Crippen LogP contribution in [0.25, 0.3) is 0 Å². The summed E-state index contributed by atoms with van der Waals surface area (Å²) in [5.41, 5.74) is 2.77. The minimum Gasteiger partial charge on any atom is -0.377 e. The molecule has 0 saturated carbocycles. The minimum atomic E-state index is 0.447. The summed E-state index contributed by atoms with van der Waals surface area (Å²) in [5.74, 6) is 0. The summed E-state index contributed by atoms with van der Waals surface area (Å²) in [7, 11) is 0. The minimum absolute atomic E-state index is 0.447. The van der Waals surface area contributed by atoms with Gasteiger partial charge in [-0.25, -0.2) is 0 Å². The van der Waals surface area contributed by atoms with Crippen molar-refractivity contribution >= 4 is 0 Å². The Morgan fingerprint density at radius 3 is 2.57 bits per heavy atom. The summed E-state index contributed by atoms with van der Waals surface area (Å²) in [5, 5.41) is 3.44. The maximum atomic E-state index is 5.75. The van der Waals surface area contributed by atoms with Crippen molar-refractivity contribution in [2.24, 2.45) is 0 Å². The van der Waals surface area contributed by atoms with Gasteiger partial charge in [0.05, 0.1) is 6.10 Å². The molecule has 1 aliphatic rings. The molecule has 1 saturated heterocycles. The first-order chi connectivity index (χ1) is 10.3. The van der Waals surface area contributed by atoms with Crippen molar-refractivity contribution < 1.29 is 4.74 Å². The van der Waals surface area contributed by atoms with Gasteiger partial charge in [-0.05, 0) is 43.5 Å². The second-order valence-electron chi connectivity index (χ2n) is 5.96. The SMILES string of the molecule is CCCNCc1ccc(CN(CC)CC2CCCO2)cc1. The molecule has 1 atom stereocenters. The van der Waals surface area contributed by atoms with Gasteiger partial charge < -0.3 is 10.1 Å². The fourth-order valence-electron chi connectivity index (χ4n) is 2.81. The fraction of sp³-hybridized carbons (Fsp3) is 0.667. The second-order valence-corrected chi connectivity index (χ2v) is 5.96. The Labute approximate surface area is 129 Å². The maximum absolute atomic E-state index is 5.75. The Morgan fingerprint density at radius 1 is 1.19 bits per heavy atom. The Bertz CT molecular complexity index is 385. The van der Waals surface area contributed by atoms with Crippen molar-refractivity contribution in [1.82, 2.24) is 10.2 Å². The largest absolute Gasteiger partial charge is 0.377 e. The van der Waals surface area contributed by atoms with E-state index in [1.54, 1.807) is 0 Å². The van der Waals surface area contributed by atoms with Crippen molar-refractivity contribution in [3.63, 3.8) is 0 Å². The lowest BCUT2D eigenvalue weighted by molar-refractivity contribution is 0.0725. The van der Waals surface area contributed by atoms with E-state index < -0.39 is 0 Å². The van der Waals surface area contributed by atoms with E-state index in [1.165, 1.54) is 30.4 Å². The van der Waals surface area contributed by atoms with Gasteiger partial charge in [-0.1, -0.05) is 38.1 Å². The van der Waals surface area contributed by atoms with Gasteiger partial charge in [0.15, 0.2) is 0 Å². The molecule has 3 heteroatoms. The topological polar surface area (TPSA) is 24.5 Å². The van der Waals surface area contributed by atoms with Crippen molar-refractivity contribution in [2.45, 2.75) is 52.3 Å². The van der Waals surface area contributed by atoms with E-state index in [4.69, 9.17) is 4.74 Å². The number of rotatable bonds is 9. The standard InChI is InChI=1S/C18H30N2O/c1-3-11-19-13-16-7-9-17(10-8-16)14-20(4-2)15-18-6-5-12-21-18/h7-10,18-19H,3-6,11-15H2,1-2H3. The van der Waals surface area contributed by atoms with Gasteiger partial charge in [-0.2, -0.15) is 0 Å².